The lowest BCUT2D eigenvalue weighted by atomic mass is 10.0. The fourth-order valence-corrected chi connectivity index (χ4v) is 1.48. The van der Waals surface area contributed by atoms with Gasteiger partial charge in [0, 0.05) is 19.7 Å². The number of hydrogen-bond acceptors (Lipinski definition) is 3. The molecule has 0 amide bonds. The van der Waals surface area contributed by atoms with Gasteiger partial charge in [0.15, 0.2) is 0 Å². The quantitative estimate of drug-likeness (QED) is 0.535. The Balaban J connectivity index is 2.06. The standard InChI is InChI=1S/C9H19NO2/c1-8(12)6-10-7-9(2-3-9)4-5-11/h8,10-12H,2-7H2,1H3/t8-/m1/s1. The Morgan fingerprint density at radius 1 is 1.50 bits per heavy atom. The van der Waals surface area contributed by atoms with Crippen molar-refractivity contribution in [3.05, 3.63) is 0 Å². The molecule has 3 nitrogen and oxygen atoms in total. The smallest absolute Gasteiger partial charge is 0.0636 e. The minimum Gasteiger partial charge on any atom is -0.396 e. The van der Waals surface area contributed by atoms with Crippen LogP contribution in [0, 0.1) is 5.41 Å². The van der Waals surface area contributed by atoms with Gasteiger partial charge >= 0.3 is 0 Å². The van der Waals surface area contributed by atoms with E-state index in [1.165, 1.54) is 12.8 Å². The lowest BCUT2D eigenvalue weighted by molar-refractivity contribution is 0.184. The molecule has 3 N–H and O–H groups in total. The summed E-state index contributed by atoms with van der Waals surface area (Å²) in [4.78, 5) is 0. The lowest BCUT2D eigenvalue weighted by Gasteiger charge is -2.15. The Labute approximate surface area is 73.8 Å². The van der Waals surface area contributed by atoms with Gasteiger partial charge < -0.3 is 15.5 Å². The van der Waals surface area contributed by atoms with E-state index in [0.29, 0.717) is 12.0 Å². The second kappa shape index (κ2) is 4.21. The van der Waals surface area contributed by atoms with E-state index in [9.17, 15) is 0 Å². The summed E-state index contributed by atoms with van der Waals surface area (Å²) in [5.74, 6) is 0. The summed E-state index contributed by atoms with van der Waals surface area (Å²) in [6.07, 6.45) is 3.08. The van der Waals surface area contributed by atoms with Gasteiger partial charge in [0.25, 0.3) is 0 Å². The predicted molar refractivity (Wildman–Crippen MR) is 47.9 cm³/mol. The second-order valence-electron chi connectivity index (χ2n) is 3.95. The minimum absolute atomic E-state index is 0.269. The summed E-state index contributed by atoms with van der Waals surface area (Å²) in [6.45, 7) is 3.67. The van der Waals surface area contributed by atoms with Gasteiger partial charge in [-0.1, -0.05) is 0 Å². The molecule has 0 aromatic rings. The average molecular weight is 173 g/mol. The highest BCUT2D eigenvalue weighted by Gasteiger charge is 2.41. The number of nitrogens with one attached hydrogen (secondary N) is 1. The zero-order valence-corrected chi connectivity index (χ0v) is 7.71. The average Bonchev–Trinajstić information content (AvgIpc) is 2.69. The van der Waals surface area contributed by atoms with Gasteiger partial charge in [-0.25, -0.2) is 0 Å². The van der Waals surface area contributed by atoms with E-state index in [-0.39, 0.29) is 12.7 Å². The number of rotatable bonds is 6. The van der Waals surface area contributed by atoms with Gasteiger partial charge in [0.1, 0.15) is 0 Å². The fourth-order valence-electron chi connectivity index (χ4n) is 1.48. The Morgan fingerprint density at radius 3 is 2.58 bits per heavy atom. The van der Waals surface area contributed by atoms with E-state index in [1.54, 1.807) is 6.92 Å². The van der Waals surface area contributed by atoms with E-state index in [4.69, 9.17) is 10.2 Å². The van der Waals surface area contributed by atoms with Crippen molar-refractivity contribution in [3.8, 4) is 0 Å². The third kappa shape index (κ3) is 3.09. The third-order valence-electron chi connectivity index (χ3n) is 2.54. The number of aliphatic hydroxyl groups is 2. The Bertz CT molecular complexity index is 132. The van der Waals surface area contributed by atoms with Gasteiger partial charge in [0.05, 0.1) is 6.10 Å². The van der Waals surface area contributed by atoms with Crippen molar-refractivity contribution in [2.45, 2.75) is 32.3 Å². The maximum absolute atomic E-state index is 8.99. The Morgan fingerprint density at radius 2 is 2.17 bits per heavy atom. The molecule has 1 aliphatic carbocycles. The first-order valence-electron chi connectivity index (χ1n) is 4.68. The molecule has 1 atom stereocenters. The van der Waals surface area contributed by atoms with Crippen LogP contribution in [-0.2, 0) is 0 Å². The summed E-state index contributed by atoms with van der Waals surface area (Å²) in [5, 5.41) is 21.0. The summed E-state index contributed by atoms with van der Waals surface area (Å²) in [6, 6.07) is 0. The molecule has 0 aliphatic heterocycles. The van der Waals surface area contributed by atoms with Crippen molar-refractivity contribution >= 4 is 0 Å². The molecule has 0 saturated heterocycles. The highest BCUT2D eigenvalue weighted by molar-refractivity contribution is 4.94. The van der Waals surface area contributed by atoms with Crippen molar-refractivity contribution < 1.29 is 10.2 Å². The van der Waals surface area contributed by atoms with Crippen molar-refractivity contribution in [2.24, 2.45) is 5.41 Å². The largest absolute Gasteiger partial charge is 0.396 e. The summed E-state index contributed by atoms with van der Waals surface area (Å²) in [7, 11) is 0. The van der Waals surface area contributed by atoms with Crippen LogP contribution in [0.25, 0.3) is 0 Å². The second-order valence-corrected chi connectivity index (χ2v) is 3.95. The van der Waals surface area contributed by atoms with Crippen LogP contribution in [0.1, 0.15) is 26.2 Å². The Kier molecular flexibility index (Phi) is 3.50. The molecule has 12 heavy (non-hydrogen) atoms. The molecule has 0 radical (unpaired) electrons. The molecule has 0 unspecified atom stereocenters. The Hall–Kier alpha value is -0.120. The highest BCUT2D eigenvalue weighted by atomic mass is 16.3. The number of hydrogen-bond donors (Lipinski definition) is 3. The maximum atomic E-state index is 8.99. The molecule has 0 bridgehead atoms. The minimum atomic E-state index is -0.269. The van der Waals surface area contributed by atoms with Gasteiger partial charge in [-0.2, -0.15) is 0 Å². The molecule has 1 saturated carbocycles. The summed E-state index contributed by atoms with van der Waals surface area (Å²) in [5.41, 5.74) is 0.365. The molecule has 3 heteroatoms. The van der Waals surface area contributed by atoms with E-state index in [1.807, 2.05) is 0 Å². The van der Waals surface area contributed by atoms with Crippen LogP contribution >= 0.6 is 0 Å². The van der Waals surface area contributed by atoms with Gasteiger partial charge in [-0.05, 0) is 31.6 Å². The van der Waals surface area contributed by atoms with Gasteiger partial charge in [-0.15, -0.1) is 0 Å². The predicted octanol–water partition coefficient (Wildman–Crippen LogP) is 0.119. The summed E-state index contributed by atoms with van der Waals surface area (Å²) < 4.78 is 0. The van der Waals surface area contributed by atoms with Crippen molar-refractivity contribution in [1.29, 1.82) is 0 Å². The molecule has 0 aromatic carbocycles. The van der Waals surface area contributed by atoms with Crippen molar-refractivity contribution in [3.63, 3.8) is 0 Å². The van der Waals surface area contributed by atoms with Crippen LogP contribution in [0.4, 0.5) is 0 Å². The van der Waals surface area contributed by atoms with E-state index >= 15 is 0 Å². The van der Waals surface area contributed by atoms with Crippen molar-refractivity contribution in [1.82, 2.24) is 5.32 Å². The lowest BCUT2D eigenvalue weighted by Crippen LogP contribution is -2.30. The zero-order valence-electron chi connectivity index (χ0n) is 7.71. The first-order chi connectivity index (χ1) is 5.68. The van der Waals surface area contributed by atoms with Crippen LogP contribution < -0.4 is 5.32 Å². The monoisotopic (exact) mass is 173 g/mol. The van der Waals surface area contributed by atoms with E-state index < -0.39 is 0 Å². The van der Waals surface area contributed by atoms with Crippen LogP contribution in [0.2, 0.25) is 0 Å². The van der Waals surface area contributed by atoms with Crippen LogP contribution in [0.3, 0.4) is 0 Å². The first kappa shape index (κ1) is 9.96. The van der Waals surface area contributed by atoms with E-state index in [0.717, 1.165) is 13.0 Å². The summed E-state index contributed by atoms with van der Waals surface area (Å²) >= 11 is 0. The van der Waals surface area contributed by atoms with Crippen LogP contribution in [-0.4, -0.2) is 36.0 Å². The van der Waals surface area contributed by atoms with Gasteiger partial charge in [0.2, 0.25) is 0 Å². The third-order valence-corrected chi connectivity index (χ3v) is 2.54. The molecule has 0 aromatic heterocycles. The fraction of sp³-hybridized carbons (Fsp3) is 1.00. The molecule has 1 aliphatic rings. The molecular weight excluding hydrogens is 154 g/mol. The molecular formula is C9H19NO2. The molecule has 1 rings (SSSR count). The van der Waals surface area contributed by atoms with Gasteiger partial charge in [-0.3, -0.25) is 0 Å². The molecule has 0 spiro atoms. The highest BCUT2D eigenvalue weighted by Crippen LogP contribution is 2.47. The SMILES string of the molecule is C[C@@H](O)CNCC1(CCO)CC1. The van der Waals surface area contributed by atoms with E-state index in [2.05, 4.69) is 5.32 Å². The zero-order chi connectivity index (χ0) is 9.03. The molecule has 0 heterocycles. The van der Waals surface area contributed by atoms with Crippen LogP contribution in [0.15, 0.2) is 0 Å². The maximum Gasteiger partial charge on any atom is 0.0636 e. The normalized spacial score (nSPS) is 22.2. The molecule has 1 fully saturated rings. The number of aliphatic hydroxyl groups excluding tert-OH is 2. The topological polar surface area (TPSA) is 52.5 Å². The first-order valence-corrected chi connectivity index (χ1v) is 4.68. The molecule has 72 valence electrons. The van der Waals surface area contributed by atoms with Crippen LogP contribution in [0.5, 0.6) is 0 Å². The van der Waals surface area contributed by atoms with Crippen molar-refractivity contribution in [2.75, 3.05) is 19.7 Å².